The van der Waals surface area contributed by atoms with E-state index in [-0.39, 0.29) is 17.7 Å². The first kappa shape index (κ1) is 19.4. The predicted molar refractivity (Wildman–Crippen MR) is 111 cm³/mol. The number of nitrogens with one attached hydrogen (secondary N) is 2. The number of urea groups is 1. The number of aromatic nitrogens is 1. The van der Waals surface area contributed by atoms with Crippen molar-refractivity contribution >= 4 is 11.7 Å². The highest BCUT2D eigenvalue weighted by molar-refractivity contribution is 5.91. The molecule has 0 aliphatic heterocycles. The summed E-state index contributed by atoms with van der Waals surface area (Å²) in [5.41, 5.74) is 1.97. The second kappa shape index (κ2) is 8.57. The molecular formula is C23H25N3O2. The van der Waals surface area contributed by atoms with Gasteiger partial charge in [-0.25, -0.2) is 4.79 Å². The zero-order chi connectivity index (χ0) is 20.0. The molecule has 1 unspecified atom stereocenters. The number of anilines is 1. The summed E-state index contributed by atoms with van der Waals surface area (Å²) >= 11 is 0. The summed E-state index contributed by atoms with van der Waals surface area (Å²) in [6.45, 7) is 5.91. The lowest BCUT2D eigenvalue weighted by atomic mass is 10.0. The summed E-state index contributed by atoms with van der Waals surface area (Å²) in [5, 5.41) is 5.92. The Labute approximate surface area is 165 Å². The van der Waals surface area contributed by atoms with Gasteiger partial charge in [-0.3, -0.25) is 4.98 Å². The van der Waals surface area contributed by atoms with E-state index in [4.69, 9.17) is 4.74 Å². The zero-order valence-electron chi connectivity index (χ0n) is 16.3. The molecule has 0 spiro atoms. The standard InChI is InChI=1S/C23H25N3O2/c1-23(2,3)28-20-15-8-7-13-18(20)25-22(27)26-21(17-11-5-4-6-12-17)19-14-9-10-16-24-19/h4-16,21H,1-3H3,(H2,25,26,27). The molecule has 1 heterocycles. The highest BCUT2D eigenvalue weighted by atomic mass is 16.5. The Morgan fingerprint density at radius 1 is 0.929 bits per heavy atom. The molecule has 0 aliphatic carbocycles. The SMILES string of the molecule is CC(C)(C)Oc1ccccc1NC(=O)NC(c1ccccc1)c1ccccn1. The van der Waals surface area contributed by atoms with Gasteiger partial charge in [0, 0.05) is 6.20 Å². The minimum Gasteiger partial charge on any atom is -0.486 e. The van der Waals surface area contributed by atoms with Crippen LogP contribution in [0, 0.1) is 0 Å². The normalized spacial score (nSPS) is 12.1. The Bertz CT molecular complexity index is 866. The summed E-state index contributed by atoms with van der Waals surface area (Å²) in [6.07, 6.45) is 1.72. The molecule has 28 heavy (non-hydrogen) atoms. The highest BCUT2D eigenvalue weighted by Crippen LogP contribution is 2.28. The van der Waals surface area contributed by atoms with Gasteiger partial charge in [-0.05, 0) is 50.6 Å². The second-order valence-electron chi connectivity index (χ2n) is 7.41. The second-order valence-corrected chi connectivity index (χ2v) is 7.41. The van der Waals surface area contributed by atoms with Gasteiger partial charge in [0.1, 0.15) is 11.4 Å². The van der Waals surface area contributed by atoms with Gasteiger partial charge in [-0.2, -0.15) is 0 Å². The maximum Gasteiger partial charge on any atom is 0.320 e. The van der Waals surface area contributed by atoms with Gasteiger partial charge in [-0.1, -0.05) is 48.5 Å². The molecule has 1 atom stereocenters. The van der Waals surface area contributed by atoms with E-state index in [1.807, 2.05) is 93.6 Å². The quantitative estimate of drug-likeness (QED) is 0.647. The Morgan fingerprint density at radius 3 is 2.29 bits per heavy atom. The monoisotopic (exact) mass is 375 g/mol. The van der Waals surface area contributed by atoms with E-state index < -0.39 is 0 Å². The summed E-state index contributed by atoms with van der Waals surface area (Å²) in [4.78, 5) is 17.2. The third kappa shape index (κ3) is 5.33. The third-order valence-electron chi connectivity index (χ3n) is 3.94. The lowest BCUT2D eigenvalue weighted by Crippen LogP contribution is -2.34. The van der Waals surface area contributed by atoms with E-state index in [0.717, 1.165) is 11.3 Å². The van der Waals surface area contributed by atoms with Gasteiger partial charge in [0.15, 0.2) is 0 Å². The van der Waals surface area contributed by atoms with E-state index in [0.29, 0.717) is 11.4 Å². The number of amides is 2. The first-order chi connectivity index (χ1) is 13.4. The van der Waals surface area contributed by atoms with Crippen LogP contribution < -0.4 is 15.4 Å². The van der Waals surface area contributed by atoms with Crippen molar-refractivity contribution in [1.82, 2.24) is 10.3 Å². The first-order valence-corrected chi connectivity index (χ1v) is 9.24. The average molecular weight is 375 g/mol. The molecule has 2 aromatic carbocycles. The Kier molecular flexibility index (Phi) is 5.94. The van der Waals surface area contributed by atoms with Gasteiger partial charge >= 0.3 is 6.03 Å². The molecule has 0 fully saturated rings. The van der Waals surface area contributed by atoms with Crippen molar-refractivity contribution in [1.29, 1.82) is 0 Å². The highest BCUT2D eigenvalue weighted by Gasteiger charge is 2.20. The molecule has 3 aromatic rings. The van der Waals surface area contributed by atoms with Crippen LogP contribution in [0.4, 0.5) is 10.5 Å². The van der Waals surface area contributed by atoms with E-state index in [2.05, 4.69) is 15.6 Å². The zero-order valence-corrected chi connectivity index (χ0v) is 16.3. The number of carbonyl (C=O) groups is 1. The summed E-state index contributed by atoms with van der Waals surface area (Å²) in [6, 6.07) is 22.1. The van der Waals surface area contributed by atoms with Crippen molar-refractivity contribution < 1.29 is 9.53 Å². The van der Waals surface area contributed by atoms with Crippen LogP contribution in [0.1, 0.15) is 38.1 Å². The van der Waals surface area contributed by atoms with Gasteiger partial charge in [0.2, 0.25) is 0 Å². The van der Waals surface area contributed by atoms with Crippen LogP contribution >= 0.6 is 0 Å². The number of benzene rings is 2. The van der Waals surface area contributed by atoms with Crippen molar-refractivity contribution in [2.45, 2.75) is 32.4 Å². The molecule has 0 saturated heterocycles. The molecule has 3 rings (SSSR count). The van der Waals surface area contributed by atoms with Gasteiger partial charge in [0.05, 0.1) is 17.4 Å². The largest absolute Gasteiger partial charge is 0.486 e. The number of carbonyl (C=O) groups excluding carboxylic acids is 1. The number of hydrogen-bond acceptors (Lipinski definition) is 3. The molecule has 0 aliphatic rings. The molecule has 0 radical (unpaired) electrons. The molecule has 2 N–H and O–H groups in total. The van der Waals surface area contributed by atoms with Crippen LogP contribution in [0.3, 0.4) is 0 Å². The van der Waals surface area contributed by atoms with E-state index >= 15 is 0 Å². The van der Waals surface area contributed by atoms with Crippen molar-refractivity contribution in [2.75, 3.05) is 5.32 Å². The van der Waals surface area contributed by atoms with Crippen molar-refractivity contribution in [2.24, 2.45) is 0 Å². The van der Waals surface area contributed by atoms with E-state index in [9.17, 15) is 4.79 Å². The lowest BCUT2D eigenvalue weighted by Gasteiger charge is -2.24. The van der Waals surface area contributed by atoms with Crippen molar-refractivity contribution in [3.8, 4) is 5.75 Å². The smallest absolute Gasteiger partial charge is 0.320 e. The van der Waals surface area contributed by atoms with Gasteiger partial charge in [0.25, 0.3) is 0 Å². The summed E-state index contributed by atoms with van der Waals surface area (Å²) < 4.78 is 5.95. The van der Waals surface area contributed by atoms with Crippen LogP contribution in [-0.4, -0.2) is 16.6 Å². The van der Waals surface area contributed by atoms with Gasteiger partial charge in [-0.15, -0.1) is 0 Å². The summed E-state index contributed by atoms with van der Waals surface area (Å²) in [5.74, 6) is 0.624. The molecule has 144 valence electrons. The Hall–Kier alpha value is -3.34. The average Bonchev–Trinajstić information content (AvgIpc) is 2.68. The molecule has 0 bridgehead atoms. The summed E-state index contributed by atoms with van der Waals surface area (Å²) in [7, 11) is 0. The Balaban J connectivity index is 1.81. The first-order valence-electron chi connectivity index (χ1n) is 9.24. The number of nitrogens with zero attached hydrogens (tertiary/aromatic N) is 1. The number of ether oxygens (including phenoxy) is 1. The lowest BCUT2D eigenvalue weighted by molar-refractivity contribution is 0.132. The maximum absolute atomic E-state index is 12.8. The number of hydrogen-bond donors (Lipinski definition) is 2. The third-order valence-corrected chi connectivity index (χ3v) is 3.94. The maximum atomic E-state index is 12.8. The minimum absolute atomic E-state index is 0.329. The van der Waals surface area contributed by atoms with Crippen LogP contribution in [0.15, 0.2) is 79.0 Å². The molecule has 5 nitrogen and oxygen atoms in total. The number of rotatable bonds is 5. The molecule has 1 aromatic heterocycles. The molecule has 2 amide bonds. The fourth-order valence-corrected chi connectivity index (χ4v) is 2.80. The van der Waals surface area contributed by atoms with Crippen LogP contribution in [0.5, 0.6) is 5.75 Å². The minimum atomic E-state index is -0.366. The topological polar surface area (TPSA) is 63.2 Å². The number of pyridine rings is 1. The van der Waals surface area contributed by atoms with Crippen LogP contribution in [-0.2, 0) is 0 Å². The fraction of sp³-hybridized carbons (Fsp3) is 0.217. The van der Waals surface area contributed by atoms with Crippen LogP contribution in [0.2, 0.25) is 0 Å². The fourth-order valence-electron chi connectivity index (χ4n) is 2.80. The molecular weight excluding hydrogens is 350 g/mol. The van der Waals surface area contributed by atoms with E-state index in [1.54, 1.807) is 6.20 Å². The van der Waals surface area contributed by atoms with Gasteiger partial charge < -0.3 is 15.4 Å². The number of para-hydroxylation sites is 2. The molecule has 5 heteroatoms. The van der Waals surface area contributed by atoms with Crippen molar-refractivity contribution in [3.63, 3.8) is 0 Å². The Morgan fingerprint density at radius 2 is 1.61 bits per heavy atom. The van der Waals surface area contributed by atoms with Crippen molar-refractivity contribution in [3.05, 3.63) is 90.3 Å². The van der Waals surface area contributed by atoms with Crippen LogP contribution in [0.25, 0.3) is 0 Å². The molecule has 0 saturated carbocycles. The van der Waals surface area contributed by atoms with E-state index in [1.165, 1.54) is 0 Å². The predicted octanol–water partition coefficient (Wildman–Crippen LogP) is 5.17.